The molecule has 1 unspecified atom stereocenters. The molecule has 0 bridgehead atoms. The van der Waals surface area contributed by atoms with Crippen LogP contribution < -0.4 is 5.32 Å². The van der Waals surface area contributed by atoms with Crippen molar-refractivity contribution in [3.8, 4) is 0 Å². The van der Waals surface area contributed by atoms with E-state index in [1.165, 1.54) is 6.08 Å². The fraction of sp³-hybridized carbons (Fsp3) is 0.571. The molecule has 0 saturated heterocycles. The zero-order valence-corrected chi connectivity index (χ0v) is 11.5. The van der Waals surface area contributed by atoms with E-state index in [-0.39, 0.29) is 12.5 Å². The maximum Gasteiger partial charge on any atom is 0.244 e. The van der Waals surface area contributed by atoms with Crippen molar-refractivity contribution in [3.05, 3.63) is 24.0 Å². The van der Waals surface area contributed by atoms with Gasteiger partial charge in [0.1, 0.15) is 0 Å². The summed E-state index contributed by atoms with van der Waals surface area (Å²) in [5.74, 6) is 0.225. The first-order valence-corrected chi connectivity index (χ1v) is 6.72. The van der Waals surface area contributed by atoms with Crippen LogP contribution in [0.2, 0.25) is 0 Å². The summed E-state index contributed by atoms with van der Waals surface area (Å²) >= 11 is 0. The molecule has 1 aromatic heterocycles. The summed E-state index contributed by atoms with van der Waals surface area (Å²) in [5, 5.41) is 16.5. The highest BCUT2D eigenvalue weighted by Gasteiger charge is 2.41. The Morgan fingerprint density at radius 2 is 2.42 bits per heavy atom. The van der Waals surface area contributed by atoms with E-state index in [1.54, 1.807) is 12.3 Å². The van der Waals surface area contributed by atoms with E-state index in [4.69, 9.17) is 0 Å². The van der Waals surface area contributed by atoms with E-state index < -0.39 is 5.54 Å². The van der Waals surface area contributed by atoms with E-state index >= 15 is 0 Å². The molecule has 0 radical (unpaired) electrons. The summed E-state index contributed by atoms with van der Waals surface area (Å²) in [6.07, 6.45) is 7.10. The number of amides is 1. The molecule has 5 heteroatoms. The summed E-state index contributed by atoms with van der Waals surface area (Å²) in [4.78, 5) is 11.9. The van der Waals surface area contributed by atoms with Crippen molar-refractivity contribution in [2.24, 2.45) is 5.92 Å². The molecule has 1 aliphatic carbocycles. The molecular formula is C14H21N3O2. The van der Waals surface area contributed by atoms with Crippen LogP contribution in [0, 0.1) is 5.92 Å². The highest BCUT2D eigenvalue weighted by molar-refractivity contribution is 5.92. The first-order chi connectivity index (χ1) is 9.09. The van der Waals surface area contributed by atoms with Crippen LogP contribution in [0.3, 0.4) is 0 Å². The third-order valence-electron chi connectivity index (χ3n) is 3.67. The van der Waals surface area contributed by atoms with Gasteiger partial charge >= 0.3 is 0 Å². The van der Waals surface area contributed by atoms with Crippen molar-refractivity contribution >= 4 is 12.0 Å². The molecule has 0 aromatic carbocycles. The van der Waals surface area contributed by atoms with Crippen LogP contribution in [0.5, 0.6) is 0 Å². The number of hydrogen-bond acceptors (Lipinski definition) is 3. The predicted molar refractivity (Wildman–Crippen MR) is 73.3 cm³/mol. The number of hydrogen-bond donors (Lipinski definition) is 2. The topological polar surface area (TPSA) is 67.2 Å². The summed E-state index contributed by atoms with van der Waals surface area (Å²) in [7, 11) is 0. The number of aryl methyl sites for hydroxylation is 1. The smallest absolute Gasteiger partial charge is 0.244 e. The Hall–Kier alpha value is -1.62. The molecule has 1 fully saturated rings. The van der Waals surface area contributed by atoms with Gasteiger partial charge in [0.15, 0.2) is 0 Å². The van der Waals surface area contributed by atoms with E-state index in [1.807, 2.05) is 24.6 Å². The Labute approximate surface area is 113 Å². The molecule has 19 heavy (non-hydrogen) atoms. The van der Waals surface area contributed by atoms with Crippen LogP contribution in [0.25, 0.3) is 6.08 Å². The summed E-state index contributed by atoms with van der Waals surface area (Å²) in [6.45, 7) is 4.64. The minimum absolute atomic E-state index is 0.0237. The first kappa shape index (κ1) is 13.8. The average Bonchev–Trinajstić information content (AvgIpc) is 3.16. The molecule has 1 atom stereocenters. The van der Waals surface area contributed by atoms with Crippen LogP contribution >= 0.6 is 0 Å². The number of nitrogens with zero attached hydrogens (tertiary/aromatic N) is 2. The number of aliphatic hydroxyl groups is 1. The Kier molecular flexibility index (Phi) is 4.04. The molecule has 1 aliphatic rings. The quantitative estimate of drug-likeness (QED) is 0.758. The molecule has 1 saturated carbocycles. The lowest BCUT2D eigenvalue weighted by Gasteiger charge is -2.28. The molecule has 0 aliphatic heterocycles. The van der Waals surface area contributed by atoms with E-state index in [0.29, 0.717) is 5.92 Å². The van der Waals surface area contributed by atoms with Gasteiger partial charge in [0.2, 0.25) is 5.91 Å². The van der Waals surface area contributed by atoms with Gasteiger partial charge in [0.25, 0.3) is 0 Å². The van der Waals surface area contributed by atoms with Gasteiger partial charge in [-0.2, -0.15) is 5.10 Å². The van der Waals surface area contributed by atoms with E-state index in [2.05, 4.69) is 10.4 Å². The minimum Gasteiger partial charge on any atom is -0.394 e. The van der Waals surface area contributed by atoms with Crippen LogP contribution in [-0.2, 0) is 11.3 Å². The average molecular weight is 263 g/mol. The SMILES string of the molecule is CCn1nccc1/C=C/C(=O)NC(C)(CO)C1CC1. The number of carbonyl (C=O) groups is 1. The molecule has 2 rings (SSSR count). The monoisotopic (exact) mass is 263 g/mol. The van der Waals surface area contributed by atoms with Crippen molar-refractivity contribution < 1.29 is 9.90 Å². The fourth-order valence-electron chi connectivity index (χ4n) is 2.22. The summed E-state index contributed by atoms with van der Waals surface area (Å²) in [5.41, 5.74) is 0.404. The predicted octanol–water partition coefficient (Wildman–Crippen LogP) is 1.19. The van der Waals surface area contributed by atoms with Gasteiger partial charge in [-0.25, -0.2) is 0 Å². The van der Waals surface area contributed by atoms with Gasteiger partial charge < -0.3 is 10.4 Å². The minimum atomic E-state index is -0.494. The van der Waals surface area contributed by atoms with E-state index in [0.717, 1.165) is 25.1 Å². The molecule has 2 N–H and O–H groups in total. The standard InChI is InChI=1S/C14H21N3O2/c1-3-17-12(8-9-15-17)6-7-13(19)16-14(2,10-18)11-4-5-11/h6-9,11,18H,3-5,10H2,1-2H3,(H,16,19)/b7-6+. The molecule has 1 aromatic rings. The Morgan fingerprint density at radius 1 is 1.68 bits per heavy atom. The van der Waals surface area contributed by atoms with Gasteiger partial charge in [0.05, 0.1) is 17.8 Å². The first-order valence-electron chi connectivity index (χ1n) is 6.72. The second-order valence-electron chi connectivity index (χ2n) is 5.24. The zero-order valence-electron chi connectivity index (χ0n) is 11.5. The lowest BCUT2D eigenvalue weighted by Crippen LogP contribution is -2.50. The number of aliphatic hydroxyl groups excluding tert-OH is 1. The molecule has 0 spiro atoms. The van der Waals surface area contributed by atoms with Gasteiger partial charge in [0, 0.05) is 18.8 Å². The van der Waals surface area contributed by atoms with Crippen LogP contribution in [-0.4, -0.2) is 32.9 Å². The van der Waals surface area contributed by atoms with Crippen molar-refractivity contribution in [3.63, 3.8) is 0 Å². The number of aromatic nitrogens is 2. The lowest BCUT2D eigenvalue weighted by molar-refractivity contribution is -0.119. The normalized spacial score (nSPS) is 18.5. The summed E-state index contributed by atoms with van der Waals surface area (Å²) in [6, 6.07) is 1.86. The van der Waals surface area contributed by atoms with Crippen LogP contribution in [0.4, 0.5) is 0 Å². The molecule has 104 valence electrons. The highest BCUT2D eigenvalue weighted by Crippen LogP contribution is 2.39. The number of carbonyl (C=O) groups excluding carboxylic acids is 1. The Balaban J connectivity index is 1.97. The van der Waals surface area contributed by atoms with Crippen molar-refractivity contribution in [2.75, 3.05) is 6.61 Å². The third kappa shape index (κ3) is 3.23. The number of nitrogens with one attached hydrogen (secondary N) is 1. The molecule has 1 heterocycles. The maximum absolute atomic E-state index is 11.9. The number of rotatable bonds is 6. The highest BCUT2D eigenvalue weighted by atomic mass is 16.3. The lowest BCUT2D eigenvalue weighted by atomic mass is 9.97. The van der Waals surface area contributed by atoms with Crippen molar-refractivity contribution in [1.29, 1.82) is 0 Å². The van der Waals surface area contributed by atoms with E-state index in [9.17, 15) is 9.90 Å². The third-order valence-corrected chi connectivity index (χ3v) is 3.67. The second-order valence-corrected chi connectivity index (χ2v) is 5.24. The Morgan fingerprint density at radius 3 is 3.00 bits per heavy atom. The summed E-state index contributed by atoms with van der Waals surface area (Å²) < 4.78 is 1.82. The van der Waals surface area contributed by atoms with Crippen molar-refractivity contribution in [2.45, 2.75) is 38.8 Å². The van der Waals surface area contributed by atoms with Gasteiger partial charge in [-0.1, -0.05) is 0 Å². The molecular weight excluding hydrogens is 242 g/mol. The Bertz CT molecular complexity index is 477. The largest absolute Gasteiger partial charge is 0.394 e. The maximum atomic E-state index is 11.9. The molecule has 1 amide bonds. The molecule has 5 nitrogen and oxygen atoms in total. The second kappa shape index (κ2) is 5.57. The van der Waals surface area contributed by atoms with Crippen molar-refractivity contribution in [1.82, 2.24) is 15.1 Å². The fourth-order valence-corrected chi connectivity index (χ4v) is 2.22. The zero-order chi connectivity index (χ0) is 13.9. The van der Waals surface area contributed by atoms with Crippen LogP contribution in [0.15, 0.2) is 18.3 Å². The van der Waals surface area contributed by atoms with Gasteiger partial charge in [-0.05, 0) is 44.7 Å². The van der Waals surface area contributed by atoms with Gasteiger partial charge in [-0.3, -0.25) is 9.48 Å². The van der Waals surface area contributed by atoms with Crippen LogP contribution in [0.1, 0.15) is 32.4 Å². The van der Waals surface area contributed by atoms with Gasteiger partial charge in [-0.15, -0.1) is 0 Å².